The van der Waals surface area contributed by atoms with Gasteiger partial charge in [0, 0.05) is 12.2 Å². The van der Waals surface area contributed by atoms with Crippen LogP contribution in [0.2, 0.25) is 0 Å². The Morgan fingerprint density at radius 2 is 2.00 bits per heavy atom. The third-order valence-corrected chi connectivity index (χ3v) is 4.93. The number of thioether (sulfide) groups is 1. The number of carbonyl (C=O) groups is 1. The lowest BCUT2D eigenvalue weighted by Crippen LogP contribution is -2.31. The van der Waals surface area contributed by atoms with Crippen LogP contribution >= 0.6 is 11.8 Å². The van der Waals surface area contributed by atoms with Gasteiger partial charge >= 0.3 is 0 Å². The lowest BCUT2D eigenvalue weighted by atomic mass is 10.2. The lowest BCUT2D eigenvalue weighted by molar-refractivity contribution is -0.120. The summed E-state index contributed by atoms with van der Waals surface area (Å²) in [5, 5.41) is 15.2. The average Bonchev–Trinajstić information content (AvgIpc) is 3.15. The van der Waals surface area contributed by atoms with Gasteiger partial charge in [-0.2, -0.15) is 5.10 Å². The molecule has 1 amide bonds. The van der Waals surface area contributed by atoms with E-state index in [4.69, 9.17) is 5.84 Å². The van der Waals surface area contributed by atoms with Crippen molar-refractivity contribution in [2.45, 2.75) is 37.7 Å². The number of carbonyl (C=O) groups excluding carboxylic acids is 1. The van der Waals surface area contributed by atoms with Crippen molar-refractivity contribution in [1.29, 1.82) is 0 Å². The average molecular weight is 389 g/mol. The van der Waals surface area contributed by atoms with Crippen LogP contribution in [0.4, 0.5) is 4.39 Å². The topological polar surface area (TPSA) is 104 Å². The van der Waals surface area contributed by atoms with Gasteiger partial charge in [-0.05, 0) is 44.5 Å². The molecule has 1 unspecified atom stereocenters. The summed E-state index contributed by atoms with van der Waals surface area (Å²) in [6.07, 6.45) is 0. The molecule has 2 aromatic heterocycles. The fraction of sp³-hybridized carbons (Fsp3) is 0.294. The zero-order valence-electron chi connectivity index (χ0n) is 15.2. The van der Waals surface area contributed by atoms with E-state index in [-0.39, 0.29) is 11.7 Å². The first-order valence-corrected chi connectivity index (χ1v) is 9.16. The Kier molecular flexibility index (Phi) is 5.45. The maximum atomic E-state index is 12.9. The van der Waals surface area contributed by atoms with Crippen LogP contribution in [0, 0.1) is 19.7 Å². The van der Waals surface area contributed by atoms with Gasteiger partial charge in [0.2, 0.25) is 11.1 Å². The molecule has 10 heteroatoms. The normalized spacial score (nSPS) is 12.1. The van der Waals surface area contributed by atoms with E-state index in [2.05, 4.69) is 20.6 Å². The van der Waals surface area contributed by atoms with Crippen molar-refractivity contribution in [1.82, 2.24) is 30.0 Å². The van der Waals surface area contributed by atoms with Crippen LogP contribution in [0.15, 0.2) is 35.5 Å². The summed E-state index contributed by atoms with van der Waals surface area (Å²) in [6.45, 7) is 5.84. The van der Waals surface area contributed by atoms with Crippen molar-refractivity contribution in [2.24, 2.45) is 0 Å². The molecule has 2 heterocycles. The van der Waals surface area contributed by atoms with Gasteiger partial charge in [0.15, 0.2) is 0 Å². The molecule has 0 aliphatic rings. The van der Waals surface area contributed by atoms with E-state index in [1.54, 1.807) is 23.7 Å². The number of hydrogen-bond acceptors (Lipinski definition) is 6. The second-order valence-electron chi connectivity index (χ2n) is 6.10. The lowest BCUT2D eigenvalue weighted by Gasteiger charge is -2.11. The number of hydrogen-bond donors (Lipinski definition) is 2. The third kappa shape index (κ3) is 4.27. The van der Waals surface area contributed by atoms with Crippen molar-refractivity contribution in [3.8, 4) is 5.95 Å². The van der Waals surface area contributed by atoms with E-state index in [1.807, 2.05) is 19.9 Å². The van der Waals surface area contributed by atoms with Crippen LogP contribution in [-0.4, -0.2) is 35.8 Å². The fourth-order valence-electron chi connectivity index (χ4n) is 2.47. The summed E-state index contributed by atoms with van der Waals surface area (Å²) < 4.78 is 15.8. The minimum Gasteiger partial charge on any atom is -0.351 e. The summed E-state index contributed by atoms with van der Waals surface area (Å²) in [5.74, 6) is 5.97. The van der Waals surface area contributed by atoms with E-state index in [1.165, 1.54) is 28.6 Å². The SMILES string of the molecule is Cc1cc(C)n(-c2nnc(SC(C)C(=O)NCc3ccc(F)cc3)n2N)n1. The second-order valence-corrected chi connectivity index (χ2v) is 7.40. The fourth-order valence-corrected chi connectivity index (χ4v) is 3.26. The minimum absolute atomic E-state index is 0.181. The summed E-state index contributed by atoms with van der Waals surface area (Å²) in [7, 11) is 0. The van der Waals surface area contributed by atoms with Gasteiger partial charge in [-0.25, -0.2) is 13.7 Å². The molecule has 3 N–H and O–H groups in total. The Morgan fingerprint density at radius 3 is 2.63 bits per heavy atom. The van der Waals surface area contributed by atoms with Gasteiger partial charge in [0.25, 0.3) is 5.95 Å². The number of aryl methyl sites for hydroxylation is 2. The van der Waals surface area contributed by atoms with Crippen molar-refractivity contribution in [3.63, 3.8) is 0 Å². The van der Waals surface area contributed by atoms with Crippen molar-refractivity contribution >= 4 is 17.7 Å². The molecule has 0 fully saturated rings. The van der Waals surface area contributed by atoms with Crippen LogP contribution < -0.4 is 11.2 Å². The highest BCUT2D eigenvalue weighted by Crippen LogP contribution is 2.22. The Hall–Kier alpha value is -2.88. The zero-order valence-corrected chi connectivity index (χ0v) is 16.0. The predicted molar refractivity (Wildman–Crippen MR) is 100 cm³/mol. The number of aromatic nitrogens is 5. The van der Waals surface area contributed by atoms with Gasteiger partial charge in [0.05, 0.1) is 10.9 Å². The first kappa shape index (κ1) is 18.9. The van der Waals surface area contributed by atoms with E-state index in [9.17, 15) is 9.18 Å². The van der Waals surface area contributed by atoms with Gasteiger partial charge in [0.1, 0.15) is 5.82 Å². The van der Waals surface area contributed by atoms with Crippen LogP contribution in [-0.2, 0) is 11.3 Å². The highest BCUT2D eigenvalue weighted by Gasteiger charge is 2.20. The minimum atomic E-state index is -0.440. The number of halogens is 1. The Labute approximate surface area is 159 Å². The Balaban J connectivity index is 1.63. The van der Waals surface area contributed by atoms with Crippen LogP contribution in [0.3, 0.4) is 0 Å². The number of nitrogen functional groups attached to an aromatic ring is 1. The number of nitrogens with two attached hydrogens (primary N) is 1. The zero-order chi connectivity index (χ0) is 19.6. The number of rotatable bonds is 6. The molecule has 1 atom stereocenters. The summed E-state index contributed by atoms with van der Waals surface area (Å²) >= 11 is 1.20. The standard InChI is InChI=1S/C17H20FN7OS/c1-10-8-11(2)25(23-10)16-21-22-17(24(16)19)27-12(3)15(26)20-9-13-4-6-14(18)7-5-13/h4-8,12H,9,19H2,1-3H3,(H,20,26). The van der Waals surface area contributed by atoms with Gasteiger partial charge in [-0.15, -0.1) is 10.2 Å². The van der Waals surface area contributed by atoms with Crippen LogP contribution in [0.1, 0.15) is 23.9 Å². The van der Waals surface area contributed by atoms with Crippen molar-refractivity contribution < 1.29 is 9.18 Å². The summed E-state index contributed by atoms with van der Waals surface area (Å²) in [4.78, 5) is 12.3. The molecule has 3 aromatic rings. The number of amides is 1. The monoisotopic (exact) mass is 389 g/mol. The second kappa shape index (κ2) is 7.78. The number of nitrogens with zero attached hydrogens (tertiary/aromatic N) is 5. The molecule has 1 aromatic carbocycles. The van der Waals surface area contributed by atoms with Crippen LogP contribution in [0.25, 0.3) is 5.95 Å². The number of nitrogens with one attached hydrogen (secondary N) is 1. The highest BCUT2D eigenvalue weighted by atomic mass is 32.2. The van der Waals surface area contributed by atoms with Gasteiger partial charge in [-0.3, -0.25) is 4.79 Å². The number of benzene rings is 1. The first-order valence-electron chi connectivity index (χ1n) is 8.28. The largest absolute Gasteiger partial charge is 0.351 e. The first-order chi connectivity index (χ1) is 12.8. The molecule has 0 saturated carbocycles. The van der Waals surface area contributed by atoms with E-state index in [0.29, 0.717) is 17.6 Å². The summed E-state index contributed by atoms with van der Waals surface area (Å²) in [6, 6.07) is 7.89. The molecule has 142 valence electrons. The molecule has 3 rings (SSSR count). The smallest absolute Gasteiger partial charge is 0.271 e. The maximum Gasteiger partial charge on any atom is 0.271 e. The third-order valence-electron chi connectivity index (χ3n) is 3.88. The van der Waals surface area contributed by atoms with E-state index < -0.39 is 5.25 Å². The molecule has 8 nitrogen and oxygen atoms in total. The maximum absolute atomic E-state index is 12.9. The summed E-state index contributed by atoms with van der Waals surface area (Å²) in [5.41, 5.74) is 2.54. The highest BCUT2D eigenvalue weighted by molar-refractivity contribution is 8.00. The molecule has 0 saturated heterocycles. The Morgan fingerprint density at radius 1 is 1.30 bits per heavy atom. The van der Waals surface area contributed by atoms with E-state index >= 15 is 0 Å². The molecule has 0 aliphatic carbocycles. The van der Waals surface area contributed by atoms with Crippen molar-refractivity contribution in [3.05, 3.63) is 53.1 Å². The molecule has 0 spiro atoms. The van der Waals surface area contributed by atoms with Crippen molar-refractivity contribution in [2.75, 3.05) is 5.84 Å². The van der Waals surface area contributed by atoms with Gasteiger partial charge < -0.3 is 11.2 Å². The molecule has 27 heavy (non-hydrogen) atoms. The predicted octanol–water partition coefficient (Wildman–Crippen LogP) is 1.73. The molecule has 0 aliphatic heterocycles. The van der Waals surface area contributed by atoms with E-state index in [0.717, 1.165) is 17.0 Å². The van der Waals surface area contributed by atoms with Gasteiger partial charge in [-0.1, -0.05) is 23.9 Å². The van der Waals surface area contributed by atoms with Crippen LogP contribution in [0.5, 0.6) is 0 Å². The molecule has 0 bridgehead atoms. The molecular formula is C17H20FN7OS. The Bertz CT molecular complexity index is 951. The quantitative estimate of drug-likeness (QED) is 0.492. The molecular weight excluding hydrogens is 369 g/mol. The molecule has 0 radical (unpaired) electrons.